The van der Waals surface area contributed by atoms with Gasteiger partial charge in [-0.2, -0.15) is 0 Å². The molecule has 0 radical (unpaired) electrons. The summed E-state index contributed by atoms with van der Waals surface area (Å²) in [5, 5.41) is 2.06. The second-order valence-corrected chi connectivity index (χ2v) is 8.54. The van der Waals surface area contributed by atoms with Crippen LogP contribution in [0.25, 0.3) is 10.2 Å². The number of thiophene rings is 1. The number of halogens is 1. The highest BCUT2D eigenvalue weighted by atomic mass is 35.5. The average molecular weight is 393 g/mol. The van der Waals surface area contributed by atoms with E-state index in [0.717, 1.165) is 20.8 Å². The van der Waals surface area contributed by atoms with Gasteiger partial charge in [-0.15, -0.1) is 11.3 Å². The predicted octanol–water partition coefficient (Wildman–Crippen LogP) is 5.19. The fraction of sp³-hybridized carbons (Fsp3) is 0.278. The summed E-state index contributed by atoms with van der Waals surface area (Å²) in [6.07, 6.45) is 1.54. The molecule has 0 amide bonds. The Bertz CT molecular complexity index is 927. The first-order valence-corrected chi connectivity index (χ1v) is 9.82. The zero-order valence-corrected chi connectivity index (χ0v) is 16.5. The predicted molar refractivity (Wildman–Crippen MR) is 103 cm³/mol. The Kier molecular flexibility index (Phi) is 5.61. The van der Waals surface area contributed by atoms with E-state index < -0.39 is 0 Å². The molecule has 3 aromatic rings. The maximum absolute atomic E-state index is 12.3. The van der Waals surface area contributed by atoms with Gasteiger partial charge in [0, 0.05) is 20.8 Å². The summed E-state index contributed by atoms with van der Waals surface area (Å²) in [5.41, 5.74) is 1.96. The number of hydrogen-bond acceptors (Lipinski definition) is 6. The number of thioether (sulfide) groups is 1. The topological polar surface area (TPSA) is 52.1 Å². The second-order valence-electron chi connectivity index (χ2n) is 5.60. The quantitative estimate of drug-likeness (QED) is 0.340. The van der Waals surface area contributed by atoms with Gasteiger partial charge in [0.2, 0.25) is 0 Å². The van der Waals surface area contributed by atoms with Crippen molar-refractivity contribution in [2.45, 2.75) is 37.7 Å². The first-order chi connectivity index (χ1) is 12.0. The molecule has 0 aliphatic carbocycles. The Hall–Kier alpha value is -1.63. The smallest absolute Gasteiger partial charge is 0.319 e. The van der Waals surface area contributed by atoms with E-state index in [9.17, 15) is 4.79 Å². The van der Waals surface area contributed by atoms with Crippen LogP contribution >= 0.6 is 34.7 Å². The van der Waals surface area contributed by atoms with Gasteiger partial charge in [-0.1, -0.05) is 41.6 Å². The van der Waals surface area contributed by atoms with Gasteiger partial charge >= 0.3 is 5.97 Å². The molecule has 1 aromatic carbocycles. The number of carbonyl (C=O) groups is 1. The van der Waals surface area contributed by atoms with Crippen molar-refractivity contribution in [2.75, 3.05) is 0 Å². The van der Waals surface area contributed by atoms with E-state index in [1.54, 1.807) is 23.7 Å². The lowest BCUT2D eigenvalue weighted by atomic mass is 10.2. The Balaban J connectivity index is 1.71. The summed E-state index contributed by atoms with van der Waals surface area (Å²) in [5.74, 6) is -0.290. The first kappa shape index (κ1) is 18.2. The monoisotopic (exact) mass is 392 g/mol. The van der Waals surface area contributed by atoms with Crippen molar-refractivity contribution in [3.8, 4) is 0 Å². The van der Waals surface area contributed by atoms with Crippen LogP contribution in [0.15, 0.2) is 35.6 Å². The first-order valence-electron chi connectivity index (χ1n) is 7.74. The van der Waals surface area contributed by atoms with Gasteiger partial charge < -0.3 is 4.74 Å². The minimum atomic E-state index is -0.375. The maximum Gasteiger partial charge on any atom is 0.319 e. The molecule has 7 heteroatoms. The zero-order chi connectivity index (χ0) is 18.0. The molecule has 4 nitrogen and oxygen atoms in total. The number of aryl methyl sites for hydroxylation is 2. The Morgan fingerprint density at radius 2 is 2.08 bits per heavy atom. The third kappa shape index (κ3) is 3.97. The number of benzene rings is 1. The standard InChI is InChI=1S/C18H17ClN2O2S2/c1-10-11(2)24-16-15(10)17(21-9-20-16)25-12(3)18(22)23-8-13-6-4-5-7-14(13)19/h4-7,9,12H,8H2,1-3H3. The largest absolute Gasteiger partial charge is 0.460 e. The van der Waals surface area contributed by atoms with E-state index in [2.05, 4.69) is 23.8 Å². The van der Waals surface area contributed by atoms with E-state index in [4.69, 9.17) is 16.3 Å². The fourth-order valence-electron chi connectivity index (χ4n) is 2.34. The number of fused-ring (bicyclic) bond motifs is 1. The van der Waals surface area contributed by atoms with Crippen LogP contribution in [0.3, 0.4) is 0 Å². The van der Waals surface area contributed by atoms with Crippen LogP contribution in [0.4, 0.5) is 0 Å². The maximum atomic E-state index is 12.3. The lowest BCUT2D eigenvalue weighted by molar-refractivity contribution is -0.143. The molecule has 2 aromatic heterocycles. The van der Waals surface area contributed by atoms with Crippen LogP contribution in [-0.2, 0) is 16.1 Å². The molecule has 0 saturated heterocycles. The van der Waals surface area contributed by atoms with Crippen molar-refractivity contribution in [1.82, 2.24) is 9.97 Å². The SMILES string of the molecule is Cc1sc2ncnc(SC(C)C(=O)OCc3ccccc3Cl)c2c1C. The Labute approximate surface area is 159 Å². The third-order valence-electron chi connectivity index (χ3n) is 3.88. The molecule has 0 fully saturated rings. The minimum absolute atomic E-state index is 0.166. The van der Waals surface area contributed by atoms with E-state index in [1.165, 1.54) is 22.2 Å². The summed E-state index contributed by atoms with van der Waals surface area (Å²) in [7, 11) is 0. The van der Waals surface area contributed by atoms with Crippen molar-refractivity contribution in [3.05, 3.63) is 51.6 Å². The Morgan fingerprint density at radius 3 is 2.84 bits per heavy atom. The normalized spacial score (nSPS) is 12.3. The van der Waals surface area contributed by atoms with E-state index in [1.807, 2.05) is 25.1 Å². The van der Waals surface area contributed by atoms with E-state index in [-0.39, 0.29) is 17.8 Å². The van der Waals surface area contributed by atoms with Crippen LogP contribution in [0.2, 0.25) is 5.02 Å². The zero-order valence-electron chi connectivity index (χ0n) is 14.1. The summed E-state index contributed by atoms with van der Waals surface area (Å²) in [6.45, 7) is 6.11. The summed E-state index contributed by atoms with van der Waals surface area (Å²) >= 11 is 9.13. The number of ether oxygens (including phenoxy) is 1. The number of aromatic nitrogens is 2. The molecule has 0 saturated carbocycles. The number of rotatable bonds is 5. The molecular weight excluding hydrogens is 376 g/mol. The van der Waals surface area contributed by atoms with Gasteiger partial charge in [0.25, 0.3) is 0 Å². The lowest BCUT2D eigenvalue weighted by Crippen LogP contribution is -2.17. The van der Waals surface area contributed by atoms with Crippen LogP contribution in [0.1, 0.15) is 22.9 Å². The van der Waals surface area contributed by atoms with Gasteiger partial charge in [0.05, 0.1) is 0 Å². The molecule has 25 heavy (non-hydrogen) atoms. The molecule has 3 rings (SSSR count). The molecular formula is C18H17ClN2O2S2. The van der Waals surface area contributed by atoms with Crippen LogP contribution in [0, 0.1) is 13.8 Å². The van der Waals surface area contributed by atoms with Crippen molar-refractivity contribution >= 4 is 50.9 Å². The van der Waals surface area contributed by atoms with Gasteiger partial charge in [-0.3, -0.25) is 4.79 Å². The van der Waals surface area contributed by atoms with Crippen molar-refractivity contribution in [2.24, 2.45) is 0 Å². The number of esters is 1. The Morgan fingerprint density at radius 1 is 1.32 bits per heavy atom. The summed E-state index contributed by atoms with van der Waals surface area (Å²) in [4.78, 5) is 23.2. The molecule has 1 unspecified atom stereocenters. The van der Waals surface area contributed by atoms with Gasteiger partial charge in [0.1, 0.15) is 28.0 Å². The highest BCUT2D eigenvalue weighted by molar-refractivity contribution is 8.00. The molecule has 0 aliphatic heterocycles. The molecule has 0 aliphatic rings. The molecule has 0 N–H and O–H groups in total. The molecule has 0 bridgehead atoms. The number of hydrogen-bond donors (Lipinski definition) is 0. The second kappa shape index (κ2) is 7.72. The molecule has 130 valence electrons. The average Bonchev–Trinajstić information content (AvgIpc) is 2.89. The lowest BCUT2D eigenvalue weighted by Gasteiger charge is -2.12. The van der Waals surface area contributed by atoms with Gasteiger partial charge in [-0.05, 0) is 32.4 Å². The van der Waals surface area contributed by atoms with E-state index in [0.29, 0.717) is 5.02 Å². The van der Waals surface area contributed by atoms with Crippen molar-refractivity contribution < 1.29 is 9.53 Å². The highest BCUT2D eigenvalue weighted by Crippen LogP contribution is 2.36. The van der Waals surface area contributed by atoms with Crippen LogP contribution in [-0.4, -0.2) is 21.2 Å². The van der Waals surface area contributed by atoms with Crippen LogP contribution in [0.5, 0.6) is 0 Å². The van der Waals surface area contributed by atoms with Gasteiger partial charge in [0.15, 0.2) is 0 Å². The summed E-state index contributed by atoms with van der Waals surface area (Å²) in [6, 6.07) is 7.34. The highest BCUT2D eigenvalue weighted by Gasteiger charge is 2.20. The fourth-order valence-corrected chi connectivity index (χ4v) is 4.56. The number of nitrogens with zero attached hydrogens (tertiary/aromatic N) is 2. The third-order valence-corrected chi connectivity index (χ3v) is 6.44. The number of carbonyl (C=O) groups excluding carboxylic acids is 1. The molecule has 1 atom stereocenters. The van der Waals surface area contributed by atoms with E-state index >= 15 is 0 Å². The summed E-state index contributed by atoms with van der Waals surface area (Å²) < 4.78 is 5.41. The van der Waals surface area contributed by atoms with Crippen LogP contribution < -0.4 is 0 Å². The molecule has 0 spiro atoms. The van der Waals surface area contributed by atoms with Crippen molar-refractivity contribution in [3.63, 3.8) is 0 Å². The molecule has 2 heterocycles. The van der Waals surface area contributed by atoms with Crippen molar-refractivity contribution in [1.29, 1.82) is 0 Å². The minimum Gasteiger partial charge on any atom is -0.460 e. The van der Waals surface area contributed by atoms with Gasteiger partial charge in [-0.25, -0.2) is 9.97 Å².